The first-order valence-electron chi connectivity index (χ1n) is 7.77. The number of fused-ring (bicyclic) bond motifs is 3. The molecule has 1 aliphatic heterocycles. The summed E-state index contributed by atoms with van der Waals surface area (Å²) in [6.07, 6.45) is 1.88. The Morgan fingerprint density at radius 3 is 3.00 bits per heavy atom. The lowest BCUT2D eigenvalue weighted by molar-refractivity contribution is 0.617. The number of nitrogens with zero attached hydrogens (tertiary/aromatic N) is 2. The minimum absolute atomic E-state index is 0.296. The highest BCUT2D eigenvalue weighted by Crippen LogP contribution is 2.41. The average Bonchev–Trinajstić information content (AvgIpc) is 2.61. The Hall–Kier alpha value is -1.56. The van der Waals surface area contributed by atoms with Crippen LogP contribution >= 0.6 is 35.1 Å². The first-order valence-corrected chi connectivity index (χ1v) is 10.1. The average molecular weight is 389 g/mol. The number of hydrogen-bond acceptors (Lipinski definition) is 4. The summed E-state index contributed by atoms with van der Waals surface area (Å²) in [7, 11) is 0. The molecule has 126 valence electrons. The third kappa shape index (κ3) is 3.41. The normalized spacial score (nSPS) is 12.6. The Kier molecular flexibility index (Phi) is 4.71. The van der Waals surface area contributed by atoms with Crippen molar-refractivity contribution in [3.05, 3.63) is 70.1 Å². The molecular formula is C19H14ClFN2S2. The van der Waals surface area contributed by atoms with Gasteiger partial charge in [-0.15, -0.1) is 11.8 Å². The highest BCUT2D eigenvalue weighted by Gasteiger charge is 2.19. The van der Waals surface area contributed by atoms with Crippen molar-refractivity contribution in [1.29, 1.82) is 0 Å². The molecule has 0 unspecified atom stereocenters. The molecule has 0 N–H and O–H groups in total. The summed E-state index contributed by atoms with van der Waals surface area (Å²) in [6, 6.07) is 11.2. The summed E-state index contributed by atoms with van der Waals surface area (Å²) < 4.78 is 13.9. The molecule has 0 radical (unpaired) electrons. The van der Waals surface area contributed by atoms with Crippen molar-refractivity contribution in [2.45, 2.75) is 28.5 Å². The van der Waals surface area contributed by atoms with Gasteiger partial charge in [0.05, 0.1) is 5.69 Å². The fraction of sp³-hybridized carbons (Fsp3) is 0.158. The smallest absolute Gasteiger partial charge is 0.188 e. The lowest BCUT2D eigenvalue weighted by atomic mass is 10.1. The fourth-order valence-electron chi connectivity index (χ4n) is 2.72. The molecule has 0 amide bonds. The Labute approximate surface area is 159 Å². The van der Waals surface area contributed by atoms with E-state index in [1.807, 2.05) is 6.20 Å². The van der Waals surface area contributed by atoms with Crippen LogP contribution in [0.25, 0.3) is 11.3 Å². The van der Waals surface area contributed by atoms with Gasteiger partial charge in [-0.3, -0.25) is 0 Å². The zero-order valence-electron chi connectivity index (χ0n) is 13.4. The Bertz CT molecular complexity index is 942. The molecule has 0 spiro atoms. The number of thioether (sulfide) groups is 2. The van der Waals surface area contributed by atoms with Crippen molar-refractivity contribution in [3.63, 3.8) is 0 Å². The second-order valence-corrected chi connectivity index (χ2v) is 8.17. The van der Waals surface area contributed by atoms with Crippen LogP contribution in [-0.2, 0) is 11.5 Å². The molecule has 4 rings (SSSR count). The molecule has 0 bridgehead atoms. The van der Waals surface area contributed by atoms with Crippen LogP contribution in [0, 0.1) is 12.7 Å². The molecule has 0 atom stereocenters. The molecular weight excluding hydrogens is 375 g/mol. The maximum Gasteiger partial charge on any atom is 0.188 e. The Balaban J connectivity index is 1.64. The predicted octanol–water partition coefficient (Wildman–Crippen LogP) is 6.14. The number of hydrogen-bond donors (Lipinski definition) is 0. The molecule has 0 saturated carbocycles. The van der Waals surface area contributed by atoms with Crippen molar-refractivity contribution < 1.29 is 4.39 Å². The Morgan fingerprint density at radius 1 is 1.28 bits per heavy atom. The summed E-state index contributed by atoms with van der Waals surface area (Å²) in [5.74, 6) is 0.977. The van der Waals surface area contributed by atoms with Crippen molar-refractivity contribution in [1.82, 2.24) is 9.97 Å². The molecule has 2 aromatic carbocycles. The lowest BCUT2D eigenvalue weighted by Gasteiger charge is -2.19. The van der Waals surface area contributed by atoms with Gasteiger partial charge in [-0.05, 0) is 31.2 Å². The first kappa shape index (κ1) is 16.9. The largest absolute Gasteiger partial charge is 0.231 e. The second kappa shape index (κ2) is 6.98. The number of rotatable bonds is 3. The van der Waals surface area contributed by atoms with Gasteiger partial charge < -0.3 is 0 Å². The van der Waals surface area contributed by atoms with Crippen LogP contribution in [0.15, 0.2) is 52.6 Å². The molecule has 2 nitrogen and oxygen atoms in total. The molecule has 1 aromatic heterocycles. The van der Waals surface area contributed by atoms with Gasteiger partial charge in [-0.25, -0.2) is 14.4 Å². The van der Waals surface area contributed by atoms with Crippen molar-refractivity contribution >= 4 is 35.1 Å². The van der Waals surface area contributed by atoms with E-state index in [0.717, 1.165) is 22.6 Å². The van der Waals surface area contributed by atoms with Gasteiger partial charge in [0, 0.05) is 44.3 Å². The zero-order chi connectivity index (χ0) is 17.4. The lowest BCUT2D eigenvalue weighted by Crippen LogP contribution is -2.02. The van der Waals surface area contributed by atoms with Gasteiger partial charge >= 0.3 is 0 Å². The van der Waals surface area contributed by atoms with E-state index in [2.05, 4.69) is 30.1 Å². The van der Waals surface area contributed by atoms with E-state index in [1.165, 1.54) is 28.3 Å². The highest BCUT2D eigenvalue weighted by molar-refractivity contribution is 7.99. The van der Waals surface area contributed by atoms with Crippen LogP contribution in [0.2, 0.25) is 5.02 Å². The van der Waals surface area contributed by atoms with Gasteiger partial charge in [0.2, 0.25) is 0 Å². The van der Waals surface area contributed by atoms with E-state index in [4.69, 9.17) is 16.6 Å². The van der Waals surface area contributed by atoms with E-state index in [1.54, 1.807) is 23.9 Å². The summed E-state index contributed by atoms with van der Waals surface area (Å²) in [5.41, 5.74) is 4.96. The van der Waals surface area contributed by atoms with Crippen molar-refractivity contribution in [2.75, 3.05) is 0 Å². The van der Waals surface area contributed by atoms with Crippen LogP contribution in [0.4, 0.5) is 4.39 Å². The summed E-state index contributed by atoms with van der Waals surface area (Å²) >= 11 is 9.30. The SMILES string of the molecule is Cc1ccc2c(c1)-c1nc(SCc3c(F)cccc3Cl)ncc1CS2. The highest BCUT2D eigenvalue weighted by atomic mass is 35.5. The van der Waals surface area contributed by atoms with E-state index < -0.39 is 0 Å². The molecule has 6 heteroatoms. The van der Waals surface area contributed by atoms with Crippen molar-refractivity contribution in [2.24, 2.45) is 0 Å². The van der Waals surface area contributed by atoms with Gasteiger partial charge in [0.15, 0.2) is 5.16 Å². The third-order valence-corrected chi connectivity index (χ3v) is 6.39. The monoisotopic (exact) mass is 388 g/mol. The van der Waals surface area contributed by atoms with E-state index >= 15 is 0 Å². The standard InChI is InChI=1S/C19H14ClFN2S2/c1-11-5-6-17-13(7-11)18-12(9-24-17)8-22-19(23-18)25-10-14-15(20)3-2-4-16(14)21/h2-8H,9-10H2,1H3. The van der Waals surface area contributed by atoms with E-state index in [0.29, 0.717) is 21.5 Å². The number of aromatic nitrogens is 2. The minimum Gasteiger partial charge on any atom is -0.231 e. The quantitative estimate of drug-likeness (QED) is 0.397. The fourth-order valence-corrected chi connectivity index (χ4v) is 4.87. The van der Waals surface area contributed by atoms with Gasteiger partial charge in [0.25, 0.3) is 0 Å². The Morgan fingerprint density at radius 2 is 2.16 bits per heavy atom. The predicted molar refractivity (Wildman–Crippen MR) is 103 cm³/mol. The van der Waals surface area contributed by atoms with E-state index in [-0.39, 0.29) is 5.82 Å². The van der Waals surface area contributed by atoms with Gasteiger partial charge in [0.1, 0.15) is 5.82 Å². The minimum atomic E-state index is -0.296. The molecule has 0 aliphatic carbocycles. The maximum atomic E-state index is 13.9. The first-order chi connectivity index (χ1) is 12.1. The molecule has 1 aliphatic rings. The topological polar surface area (TPSA) is 25.8 Å². The summed E-state index contributed by atoms with van der Waals surface area (Å²) in [4.78, 5) is 10.4. The van der Waals surface area contributed by atoms with Gasteiger partial charge in [-0.1, -0.05) is 41.1 Å². The maximum absolute atomic E-state index is 13.9. The number of halogens is 2. The second-order valence-electron chi connectivity index (χ2n) is 5.80. The van der Waals surface area contributed by atoms with Crippen LogP contribution in [-0.4, -0.2) is 9.97 Å². The van der Waals surface area contributed by atoms with Crippen LogP contribution in [0.1, 0.15) is 16.7 Å². The van der Waals surface area contributed by atoms with Crippen LogP contribution in [0.3, 0.4) is 0 Å². The third-order valence-electron chi connectivity index (χ3n) is 4.02. The van der Waals surface area contributed by atoms with E-state index in [9.17, 15) is 4.39 Å². The zero-order valence-corrected chi connectivity index (χ0v) is 15.8. The molecule has 2 heterocycles. The number of aryl methyl sites for hydroxylation is 1. The summed E-state index contributed by atoms with van der Waals surface area (Å²) in [6.45, 7) is 2.08. The molecule has 25 heavy (non-hydrogen) atoms. The molecule has 0 saturated heterocycles. The summed E-state index contributed by atoms with van der Waals surface area (Å²) in [5, 5.41) is 1.07. The molecule has 3 aromatic rings. The van der Waals surface area contributed by atoms with Crippen molar-refractivity contribution in [3.8, 4) is 11.3 Å². The molecule has 0 fully saturated rings. The van der Waals surface area contributed by atoms with Gasteiger partial charge in [-0.2, -0.15) is 0 Å². The van der Waals surface area contributed by atoms with Crippen LogP contribution < -0.4 is 0 Å². The number of benzene rings is 2. The van der Waals surface area contributed by atoms with Crippen LogP contribution in [0.5, 0.6) is 0 Å².